The first-order valence-electron chi connectivity index (χ1n) is 5.82. The van der Waals surface area contributed by atoms with E-state index in [4.69, 9.17) is 11.6 Å². The number of alkyl halides is 1. The molecular weight excluding hydrogens is 284 g/mol. The van der Waals surface area contributed by atoms with E-state index in [1.165, 1.54) is 21.2 Å². The first kappa shape index (κ1) is 14.1. The molecule has 0 fully saturated rings. The molecule has 2 heteroatoms. The standard InChI is InChI=1S/C14H20BrCl/c1-9(2)5-11-7-14(15)13(10(3)4)6-12(11)8-16/h6-7,9-10H,5,8H2,1-4H3. The van der Waals surface area contributed by atoms with Crippen molar-refractivity contribution in [1.29, 1.82) is 0 Å². The van der Waals surface area contributed by atoms with E-state index >= 15 is 0 Å². The van der Waals surface area contributed by atoms with Gasteiger partial charge in [0.05, 0.1) is 0 Å². The fraction of sp³-hybridized carbons (Fsp3) is 0.571. The first-order valence-corrected chi connectivity index (χ1v) is 7.15. The van der Waals surface area contributed by atoms with Crippen molar-refractivity contribution in [3.63, 3.8) is 0 Å². The van der Waals surface area contributed by atoms with Gasteiger partial charge in [0.25, 0.3) is 0 Å². The van der Waals surface area contributed by atoms with Gasteiger partial charge < -0.3 is 0 Å². The molecule has 1 aromatic carbocycles. The lowest BCUT2D eigenvalue weighted by molar-refractivity contribution is 0.643. The number of hydrogen-bond acceptors (Lipinski definition) is 0. The number of hydrogen-bond donors (Lipinski definition) is 0. The second-order valence-electron chi connectivity index (χ2n) is 5.03. The predicted molar refractivity (Wildman–Crippen MR) is 76.3 cm³/mol. The molecular formula is C14H20BrCl. The molecule has 0 N–H and O–H groups in total. The van der Waals surface area contributed by atoms with E-state index in [9.17, 15) is 0 Å². The molecule has 0 spiro atoms. The van der Waals surface area contributed by atoms with Crippen LogP contribution in [0.5, 0.6) is 0 Å². The SMILES string of the molecule is CC(C)Cc1cc(Br)c(C(C)C)cc1CCl. The van der Waals surface area contributed by atoms with Gasteiger partial charge in [0.1, 0.15) is 0 Å². The van der Waals surface area contributed by atoms with Gasteiger partial charge in [-0.3, -0.25) is 0 Å². The lowest BCUT2D eigenvalue weighted by atomic mass is 9.93. The number of halogens is 2. The Hall–Kier alpha value is -0.0100. The summed E-state index contributed by atoms with van der Waals surface area (Å²) in [6.07, 6.45) is 1.10. The minimum Gasteiger partial charge on any atom is -0.122 e. The highest BCUT2D eigenvalue weighted by Crippen LogP contribution is 2.30. The maximum absolute atomic E-state index is 6.03. The van der Waals surface area contributed by atoms with Crippen molar-refractivity contribution in [2.24, 2.45) is 5.92 Å². The molecule has 0 heterocycles. The Balaban J connectivity index is 3.15. The maximum atomic E-state index is 6.03. The van der Waals surface area contributed by atoms with E-state index in [-0.39, 0.29) is 0 Å². The van der Waals surface area contributed by atoms with E-state index < -0.39 is 0 Å². The second kappa shape index (κ2) is 6.07. The predicted octanol–water partition coefficient (Wildman–Crippen LogP) is 5.51. The largest absolute Gasteiger partial charge is 0.122 e. The smallest absolute Gasteiger partial charge is 0.0476 e. The molecule has 0 radical (unpaired) electrons. The van der Waals surface area contributed by atoms with Gasteiger partial charge in [-0.2, -0.15) is 0 Å². The highest BCUT2D eigenvalue weighted by atomic mass is 79.9. The van der Waals surface area contributed by atoms with Gasteiger partial charge in [0.15, 0.2) is 0 Å². The van der Waals surface area contributed by atoms with Crippen LogP contribution < -0.4 is 0 Å². The summed E-state index contributed by atoms with van der Waals surface area (Å²) in [4.78, 5) is 0. The molecule has 90 valence electrons. The van der Waals surface area contributed by atoms with Crippen molar-refractivity contribution in [3.8, 4) is 0 Å². The molecule has 0 aliphatic carbocycles. The van der Waals surface area contributed by atoms with Gasteiger partial charge in [-0.15, -0.1) is 11.6 Å². The van der Waals surface area contributed by atoms with Gasteiger partial charge in [-0.1, -0.05) is 49.7 Å². The highest BCUT2D eigenvalue weighted by Gasteiger charge is 2.11. The Labute approximate surface area is 113 Å². The number of benzene rings is 1. The van der Waals surface area contributed by atoms with Crippen molar-refractivity contribution in [2.45, 2.75) is 45.9 Å². The summed E-state index contributed by atoms with van der Waals surface area (Å²) >= 11 is 9.69. The number of rotatable bonds is 4. The van der Waals surface area contributed by atoms with Gasteiger partial charge in [-0.05, 0) is 41.0 Å². The topological polar surface area (TPSA) is 0 Å². The second-order valence-corrected chi connectivity index (χ2v) is 6.15. The summed E-state index contributed by atoms with van der Waals surface area (Å²) in [6.45, 7) is 8.89. The van der Waals surface area contributed by atoms with Crippen molar-refractivity contribution in [3.05, 3.63) is 33.3 Å². The summed E-state index contributed by atoms with van der Waals surface area (Å²) in [5.74, 6) is 1.80. The molecule has 0 atom stereocenters. The lowest BCUT2D eigenvalue weighted by Crippen LogP contribution is -2.01. The van der Waals surface area contributed by atoms with E-state index in [1.54, 1.807) is 0 Å². The Morgan fingerprint density at radius 2 is 1.75 bits per heavy atom. The normalized spacial score (nSPS) is 11.5. The zero-order valence-electron chi connectivity index (χ0n) is 10.5. The first-order chi connectivity index (χ1) is 7.45. The van der Waals surface area contributed by atoms with Crippen LogP contribution >= 0.6 is 27.5 Å². The van der Waals surface area contributed by atoms with Crippen LogP contribution in [-0.2, 0) is 12.3 Å². The lowest BCUT2D eigenvalue weighted by Gasteiger charge is -2.15. The van der Waals surface area contributed by atoms with Crippen LogP contribution in [0.1, 0.15) is 50.3 Å². The van der Waals surface area contributed by atoms with Gasteiger partial charge in [-0.25, -0.2) is 0 Å². The molecule has 0 aliphatic heterocycles. The van der Waals surface area contributed by atoms with Crippen LogP contribution in [-0.4, -0.2) is 0 Å². The molecule has 0 nitrogen and oxygen atoms in total. The van der Waals surface area contributed by atoms with Crippen LogP contribution in [0, 0.1) is 5.92 Å². The summed E-state index contributed by atoms with van der Waals surface area (Å²) in [5.41, 5.74) is 4.01. The van der Waals surface area contributed by atoms with Crippen molar-refractivity contribution >= 4 is 27.5 Å². The third kappa shape index (κ3) is 3.49. The monoisotopic (exact) mass is 302 g/mol. The molecule has 0 saturated carbocycles. The quantitative estimate of drug-likeness (QED) is 0.643. The van der Waals surface area contributed by atoms with Crippen molar-refractivity contribution in [2.75, 3.05) is 0 Å². The van der Waals surface area contributed by atoms with Crippen LogP contribution in [0.4, 0.5) is 0 Å². The van der Waals surface area contributed by atoms with Gasteiger partial charge in [0.2, 0.25) is 0 Å². The molecule has 16 heavy (non-hydrogen) atoms. The van der Waals surface area contributed by atoms with Crippen LogP contribution in [0.3, 0.4) is 0 Å². The fourth-order valence-corrected chi connectivity index (χ4v) is 2.97. The van der Waals surface area contributed by atoms with Gasteiger partial charge in [0, 0.05) is 10.4 Å². The molecule has 1 aromatic rings. The minimum absolute atomic E-state index is 0.532. The Bertz CT molecular complexity index is 356. The zero-order chi connectivity index (χ0) is 12.3. The van der Waals surface area contributed by atoms with Crippen molar-refractivity contribution in [1.82, 2.24) is 0 Å². The van der Waals surface area contributed by atoms with Gasteiger partial charge >= 0.3 is 0 Å². The van der Waals surface area contributed by atoms with Crippen molar-refractivity contribution < 1.29 is 0 Å². The van der Waals surface area contributed by atoms with E-state index in [1.807, 2.05) is 0 Å². The zero-order valence-corrected chi connectivity index (χ0v) is 12.8. The van der Waals surface area contributed by atoms with E-state index in [0.717, 1.165) is 6.42 Å². The molecule has 0 bridgehead atoms. The van der Waals surface area contributed by atoms with Crippen LogP contribution in [0.15, 0.2) is 16.6 Å². The Morgan fingerprint density at radius 3 is 2.19 bits per heavy atom. The molecule has 0 amide bonds. The average molecular weight is 304 g/mol. The molecule has 0 aromatic heterocycles. The molecule has 1 rings (SSSR count). The summed E-state index contributed by atoms with van der Waals surface area (Å²) in [7, 11) is 0. The highest BCUT2D eigenvalue weighted by molar-refractivity contribution is 9.10. The maximum Gasteiger partial charge on any atom is 0.0476 e. The van der Waals surface area contributed by atoms with E-state index in [0.29, 0.717) is 17.7 Å². The van der Waals surface area contributed by atoms with Crippen LogP contribution in [0.25, 0.3) is 0 Å². The summed E-state index contributed by atoms with van der Waals surface area (Å²) < 4.78 is 1.21. The Kier molecular flexibility index (Phi) is 5.33. The molecule has 0 saturated heterocycles. The average Bonchev–Trinajstić information content (AvgIpc) is 2.16. The Morgan fingerprint density at radius 1 is 1.12 bits per heavy atom. The third-order valence-corrected chi connectivity index (χ3v) is 3.69. The van der Waals surface area contributed by atoms with Crippen LogP contribution in [0.2, 0.25) is 0 Å². The summed E-state index contributed by atoms with van der Waals surface area (Å²) in [5, 5.41) is 0. The summed E-state index contributed by atoms with van der Waals surface area (Å²) in [6, 6.07) is 4.49. The fourth-order valence-electron chi connectivity index (χ4n) is 1.88. The molecule has 0 unspecified atom stereocenters. The molecule has 0 aliphatic rings. The third-order valence-electron chi connectivity index (χ3n) is 2.71. The van der Waals surface area contributed by atoms with E-state index in [2.05, 4.69) is 55.8 Å². The minimum atomic E-state index is 0.532.